The maximum absolute atomic E-state index is 12.0. The van der Waals surface area contributed by atoms with Crippen molar-refractivity contribution in [2.75, 3.05) is 0 Å². The number of nitrogens with two attached hydrogens (primary N) is 1. The third-order valence-corrected chi connectivity index (χ3v) is 3.69. The van der Waals surface area contributed by atoms with E-state index in [1.54, 1.807) is 0 Å². The topological polar surface area (TPSA) is 55.1 Å². The summed E-state index contributed by atoms with van der Waals surface area (Å²) in [4.78, 5) is 12.0. The molecule has 0 unspecified atom stereocenters. The second-order valence-electron chi connectivity index (χ2n) is 4.59. The molecule has 0 aromatic carbocycles. The Bertz CT molecular complexity index is 206. The van der Waals surface area contributed by atoms with E-state index in [1.807, 2.05) is 13.8 Å². The van der Waals surface area contributed by atoms with E-state index >= 15 is 0 Å². The Hall–Kier alpha value is -0.570. The quantitative estimate of drug-likeness (QED) is 0.712. The molecule has 0 atom stereocenters. The second kappa shape index (κ2) is 5.50. The number of carbonyl (C=O) groups is 1. The largest absolute Gasteiger partial charge is 0.349 e. The first-order chi connectivity index (χ1) is 6.87. The SMILES string of the molecule is CCC(C)(CC)NC(=O)C(N)(CC)CC. The molecule has 0 bridgehead atoms. The van der Waals surface area contributed by atoms with Gasteiger partial charge in [-0.1, -0.05) is 27.7 Å². The Balaban J connectivity index is 4.60. The van der Waals surface area contributed by atoms with Crippen LogP contribution < -0.4 is 11.1 Å². The maximum Gasteiger partial charge on any atom is 0.240 e. The first-order valence-corrected chi connectivity index (χ1v) is 5.99. The van der Waals surface area contributed by atoms with Crippen LogP contribution in [-0.2, 0) is 4.79 Å². The van der Waals surface area contributed by atoms with E-state index in [0.717, 1.165) is 12.8 Å². The van der Waals surface area contributed by atoms with E-state index in [0.29, 0.717) is 12.8 Å². The first kappa shape index (κ1) is 14.4. The first-order valence-electron chi connectivity index (χ1n) is 5.99. The van der Waals surface area contributed by atoms with Crippen molar-refractivity contribution in [2.45, 2.75) is 71.4 Å². The molecule has 0 aliphatic heterocycles. The molecule has 0 fully saturated rings. The molecule has 3 heteroatoms. The maximum atomic E-state index is 12.0. The van der Waals surface area contributed by atoms with Crippen LogP contribution in [0.25, 0.3) is 0 Å². The summed E-state index contributed by atoms with van der Waals surface area (Å²) < 4.78 is 0. The molecule has 0 aliphatic carbocycles. The van der Waals surface area contributed by atoms with Crippen molar-refractivity contribution in [3.8, 4) is 0 Å². The molecule has 0 radical (unpaired) electrons. The lowest BCUT2D eigenvalue weighted by Gasteiger charge is -2.34. The van der Waals surface area contributed by atoms with Crippen LogP contribution in [0.3, 0.4) is 0 Å². The van der Waals surface area contributed by atoms with Crippen LogP contribution in [0.2, 0.25) is 0 Å². The zero-order chi connectivity index (χ0) is 12.1. The van der Waals surface area contributed by atoms with Crippen molar-refractivity contribution < 1.29 is 4.79 Å². The summed E-state index contributed by atoms with van der Waals surface area (Å²) in [6.07, 6.45) is 3.22. The Morgan fingerprint density at radius 2 is 1.47 bits per heavy atom. The Morgan fingerprint density at radius 3 is 1.73 bits per heavy atom. The van der Waals surface area contributed by atoms with Crippen LogP contribution in [-0.4, -0.2) is 17.0 Å². The third-order valence-electron chi connectivity index (χ3n) is 3.69. The number of amides is 1. The van der Waals surface area contributed by atoms with Gasteiger partial charge in [-0.3, -0.25) is 4.79 Å². The average Bonchev–Trinajstić information content (AvgIpc) is 2.27. The van der Waals surface area contributed by atoms with Crippen LogP contribution >= 0.6 is 0 Å². The fourth-order valence-electron chi connectivity index (χ4n) is 1.40. The highest BCUT2D eigenvalue weighted by atomic mass is 16.2. The molecule has 0 heterocycles. The lowest BCUT2D eigenvalue weighted by atomic mass is 9.89. The Kier molecular flexibility index (Phi) is 5.29. The molecule has 0 aromatic heterocycles. The van der Waals surface area contributed by atoms with Crippen molar-refractivity contribution in [3.63, 3.8) is 0 Å². The molecule has 0 aliphatic rings. The number of rotatable bonds is 6. The van der Waals surface area contributed by atoms with Gasteiger partial charge in [-0.15, -0.1) is 0 Å². The van der Waals surface area contributed by atoms with Crippen molar-refractivity contribution in [2.24, 2.45) is 5.73 Å². The summed E-state index contributed by atoms with van der Waals surface area (Å²) >= 11 is 0. The molecule has 0 saturated heterocycles. The zero-order valence-electron chi connectivity index (χ0n) is 10.8. The summed E-state index contributed by atoms with van der Waals surface area (Å²) in [5.74, 6) is -0.0151. The molecule has 15 heavy (non-hydrogen) atoms. The number of hydrogen-bond acceptors (Lipinski definition) is 2. The minimum Gasteiger partial charge on any atom is -0.349 e. The molecule has 3 nitrogen and oxygen atoms in total. The van der Waals surface area contributed by atoms with Crippen molar-refractivity contribution >= 4 is 5.91 Å². The number of hydrogen-bond donors (Lipinski definition) is 2. The highest BCUT2D eigenvalue weighted by Crippen LogP contribution is 2.18. The standard InChI is InChI=1S/C12H26N2O/c1-6-11(5,7-2)14-10(15)12(13,8-3)9-4/h6-9,13H2,1-5H3,(H,14,15). The van der Waals surface area contributed by atoms with E-state index in [4.69, 9.17) is 5.73 Å². The van der Waals surface area contributed by atoms with Gasteiger partial charge >= 0.3 is 0 Å². The van der Waals surface area contributed by atoms with Crippen LogP contribution in [0.1, 0.15) is 60.3 Å². The van der Waals surface area contributed by atoms with E-state index in [2.05, 4.69) is 26.1 Å². The molecular formula is C12H26N2O. The monoisotopic (exact) mass is 214 g/mol. The van der Waals surface area contributed by atoms with Gasteiger partial charge in [0.25, 0.3) is 0 Å². The predicted octanol–water partition coefficient (Wildman–Crippen LogP) is 2.20. The molecule has 0 rings (SSSR count). The Morgan fingerprint density at radius 1 is 1.07 bits per heavy atom. The van der Waals surface area contributed by atoms with Gasteiger partial charge in [0, 0.05) is 5.54 Å². The van der Waals surface area contributed by atoms with Crippen LogP contribution in [0.5, 0.6) is 0 Å². The molecule has 0 aromatic rings. The Labute approximate surface area is 93.8 Å². The fourth-order valence-corrected chi connectivity index (χ4v) is 1.40. The van der Waals surface area contributed by atoms with E-state index < -0.39 is 5.54 Å². The zero-order valence-corrected chi connectivity index (χ0v) is 10.8. The predicted molar refractivity (Wildman–Crippen MR) is 64.6 cm³/mol. The van der Waals surface area contributed by atoms with Crippen molar-refractivity contribution in [1.29, 1.82) is 0 Å². The summed E-state index contributed by atoms with van der Waals surface area (Å²) in [5, 5.41) is 3.07. The lowest BCUT2D eigenvalue weighted by molar-refractivity contribution is -0.128. The molecular weight excluding hydrogens is 188 g/mol. The summed E-state index contributed by atoms with van der Waals surface area (Å²) in [7, 11) is 0. The van der Waals surface area contributed by atoms with Gasteiger partial charge in [-0.2, -0.15) is 0 Å². The molecule has 0 spiro atoms. The van der Waals surface area contributed by atoms with Crippen LogP contribution in [0.15, 0.2) is 0 Å². The minimum absolute atomic E-state index is 0.0151. The molecule has 90 valence electrons. The lowest BCUT2D eigenvalue weighted by Crippen LogP contribution is -2.58. The normalized spacial score (nSPS) is 12.7. The second-order valence-corrected chi connectivity index (χ2v) is 4.59. The van der Waals surface area contributed by atoms with E-state index in [9.17, 15) is 4.79 Å². The molecule has 0 saturated carbocycles. The van der Waals surface area contributed by atoms with Crippen molar-refractivity contribution in [3.05, 3.63) is 0 Å². The van der Waals surface area contributed by atoms with Gasteiger partial charge in [0.2, 0.25) is 5.91 Å². The molecule has 3 N–H and O–H groups in total. The van der Waals surface area contributed by atoms with Gasteiger partial charge < -0.3 is 11.1 Å². The average molecular weight is 214 g/mol. The number of carbonyl (C=O) groups excluding carboxylic acids is 1. The van der Waals surface area contributed by atoms with Gasteiger partial charge in [0.15, 0.2) is 0 Å². The van der Waals surface area contributed by atoms with E-state index in [1.165, 1.54) is 0 Å². The van der Waals surface area contributed by atoms with Gasteiger partial charge in [-0.05, 0) is 32.6 Å². The van der Waals surface area contributed by atoms with Gasteiger partial charge in [0.05, 0.1) is 5.54 Å². The number of nitrogens with one attached hydrogen (secondary N) is 1. The summed E-state index contributed by atoms with van der Waals surface area (Å²) in [6.45, 7) is 10.1. The van der Waals surface area contributed by atoms with Crippen LogP contribution in [0, 0.1) is 0 Å². The summed E-state index contributed by atoms with van der Waals surface area (Å²) in [6, 6.07) is 0. The van der Waals surface area contributed by atoms with Crippen molar-refractivity contribution in [1.82, 2.24) is 5.32 Å². The fraction of sp³-hybridized carbons (Fsp3) is 0.917. The third kappa shape index (κ3) is 3.49. The molecule has 1 amide bonds. The highest BCUT2D eigenvalue weighted by molar-refractivity contribution is 5.86. The highest BCUT2D eigenvalue weighted by Gasteiger charge is 2.33. The smallest absolute Gasteiger partial charge is 0.240 e. The van der Waals surface area contributed by atoms with E-state index in [-0.39, 0.29) is 11.4 Å². The minimum atomic E-state index is -0.703. The van der Waals surface area contributed by atoms with Gasteiger partial charge in [-0.25, -0.2) is 0 Å². The van der Waals surface area contributed by atoms with Crippen LogP contribution in [0.4, 0.5) is 0 Å². The van der Waals surface area contributed by atoms with Gasteiger partial charge in [0.1, 0.15) is 0 Å². The summed E-state index contributed by atoms with van der Waals surface area (Å²) in [5.41, 5.74) is 5.22.